The van der Waals surface area contributed by atoms with E-state index in [0.717, 1.165) is 28.3 Å². The number of halogens is 1. The SMILES string of the molecule is CNC(=O)Cc1ccc(NC(=O)C2CC2c2ccccc2Cl)cc1. The molecule has 5 heteroatoms. The first-order chi connectivity index (χ1) is 11.6. The van der Waals surface area contributed by atoms with E-state index >= 15 is 0 Å². The summed E-state index contributed by atoms with van der Waals surface area (Å²) < 4.78 is 0. The first kappa shape index (κ1) is 16.5. The Bertz CT molecular complexity index is 758. The number of nitrogens with one attached hydrogen (secondary N) is 2. The molecule has 2 amide bonds. The Morgan fingerprint density at radius 3 is 2.50 bits per heavy atom. The number of hydrogen-bond donors (Lipinski definition) is 2. The van der Waals surface area contributed by atoms with E-state index in [1.54, 1.807) is 7.05 Å². The summed E-state index contributed by atoms with van der Waals surface area (Å²) in [5.74, 6) is 0.146. The molecule has 0 spiro atoms. The molecule has 2 aromatic rings. The van der Waals surface area contributed by atoms with Crippen LogP contribution in [0.3, 0.4) is 0 Å². The van der Waals surface area contributed by atoms with Crippen LogP contribution in [0, 0.1) is 5.92 Å². The molecule has 0 bridgehead atoms. The molecule has 4 nitrogen and oxygen atoms in total. The van der Waals surface area contributed by atoms with Crippen molar-refractivity contribution >= 4 is 29.1 Å². The van der Waals surface area contributed by atoms with E-state index in [0.29, 0.717) is 6.42 Å². The Morgan fingerprint density at radius 1 is 1.12 bits per heavy atom. The van der Waals surface area contributed by atoms with Gasteiger partial charge in [0.1, 0.15) is 0 Å². The van der Waals surface area contributed by atoms with Gasteiger partial charge in [0.15, 0.2) is 0 Å². The van der Waals surface area contributed by atoms with E-state index in [-0.39, 0.29) is 23.7 Å². The summed E-state index contributed by atoms with van der Waals surface area (Å²) in [4.78, 5) is 23.7. The minimum absolute atomic E-state index is 0.0129. The van der Waals surface area contributed by atoms with Crippen molar-refractivity contribution in [3.63, 3.8) is 0 Å². The minimum atomic E-state index is -0.0349. The van der Waals surface area contributed by atoms with Gasteiger partial charge in [0.05, 0.1) is 6.42 Å². The zero-order chi connectivity index (χ0) is 17.1. The van der Waals surface area contributed by atoms with Crippen molar-refractivity contribution in [2.75, 3.05) is 12.4 Å². The second kappa shape index (κ2) is 7.05. The van der Waals surface area contributed by atoms with Crippen LogP contribution >= 0.6 is 11.6 Å². The second-order valence-corrected chi connectivity index (χ2v) is 6.41. The molecule has 0 radical (unpaired) electrons. The largest absolute Gasteiger partial charge is 0.359 e. The number of carbonyl (C=O) groups is 2. The van der Waals surface area contributed by atoms with Crippen LogP contribution in [0.4, 0.5) is 5.69 Å². The van der Waals surface area contributed by atoms with Gasteiger partial charge in [-0.15, -0.1) is 0 Å². The Morgan fingerprint density at radius 2 is 1.83 bits per heavy atom. The molecule has 124 valence electrons. The Kier molecular flexibility index (Phi) is 4.86. The normalized spacial score (nSPS) is 18.8. The van der Waals surface area contributed by atoms with Gasteiger partial charge in [-0.3, -0.25) is 9.59 Å². The predicted octanol–water partition coefficient (Wildman–Crippen LogP) is 3.37. The number of hydrogen-bond acceptors (Lipinski definition) is 2. The van der Waals surface area contributed by atoms with Crippen LogP contribution in [0.1, 0.15) is 23.5 Å². The fourth-order valence-corrected chi connectivity index (χ4v) is 3.09. The summed E-state index contributed by atoms with van der Waals surface area (Å²) in [7, 11) is 1.61. The minimum Gasteiger partial charge on any atom is -0.359 e. The maximum Gasteiger partial charge on any atom is 0.228 e. The first-order valence-corrected chi connectivity index (χ1v) is 8.31. The summed E-state index contributed by atoms with van der Waals surface area (Å²) in [6, 6.07) is 15.0. The van der Waals surface area contributed by atoms with Crippen LogP contribution in [0.2, 0.25) is 5.02 Å². The van der Waals surface area contributed by atoms with E-state index < -0.39 is 0 Å². The van der Waals surface area contributed by atoms with Crippen LogP contribution in [0.5, 0.6) is 0 Å². The molecular formula is C19H19ClN2O2. The number of likely N-dealkylation sites (N-methyl/N-ethyl adjacent to an activating group) is 1. The van der Waals surface area contributed by atoms with Crippen molar-refractivity contribution in [2.45, 2.75) is 18.8 Å². The molecule has 0 saturated heterocycles. The van der Waals surface area contributed by atoms with Crippen LogP contribution in [-0.2, 0) is 16.0 Å². The molecule has 2 unspecified atom stereocenters. The standard InChI is InChI=1S/C19H19ClN2O2/c1-21-18(23)10-12-6-8-13(9-7-12)22-19(24)16-11-15(16)14-4-2-3-5-17(14)20/h2-9,15-16H,10-11H2,1H3,(H,21,23)(H,22,24). The van der Waals surface area contributed by atoms with E-state index in [4.69, 9.17) is 11.6 Å². The Balaban J connectivity index is 1.58. The van der Waals surface area contributed by atoms with Gasteiger partial charge >= 0.3 is 0 Å². The van der Waals surface area contributed by atoms with E-state index in [2.05, 4.69) is 10.6 Å². The maximum atomic E-state index is 12.4. The lowest BCUT2D eigenvalue weighted by atomic mass is 10.1. The lowest BCUT2D eigenvalue weighted by Crippen LogP contribution is -2.20. The highest BCUT2D eigenvalue weighted by Crippen LogP contribution is 2.49. The van der Waals surface area contributed by atoms with Crippen molar-refractivity contribution in [3.05, 3.63) is 64.7 Å². The molecule has 3 rings (SSSR count). The van der Waals surface area contributed by atoms with Crippen LogP contribution in [0.15, 0.2) is 48.5 Å². The summed E-state index contributed by atoms with van der Waals surface area (Å²) in [5.41, 5.74) is 2.69. The van der Waals surface area contributed by atoms with Crippen LogP contribution in [0.25, 0.3) is 0 Å². The zero-order valence-corrected chi connectivity index (χ0v) is 14.1. The monoisotopic (exact) mass is 342 g/mol. The summed E-state index contributed by atoms with van der Waals surface area (Å²) in [6.07, 6.45) is 1.16. The molecule has 1 fully saturated rings. The van der Waals surface area contributed by atoms with E-state index in [9.17, 15) is 9.59 Å². The molecule has 1 aliphatic rings. The van der Waals surface area contributed by atoms with Gasteiger partial charge in [-0.25, -0.2) is 0 Å². The van der Waals surface area contributed by atoms with Crippen molar-refractivity contribution < 1.29 is 9.59 Å². The molecule has 0 aliphatic heterocycles. The number of rotatable bonds is 5. The third kappa shape index (κ3) is 3.77. The number of anilines is 1. The van der Waals surface area contributed by atoms with Gasteiger partial charge in [-0.05, 0) is 41.7 Å². The fourth-order valence-electron chi connectivity index (χ4n) is 2.82. The van der Waals surface area contributed by atoms with Gasteiger partial charge in [-0.1, -0.05) is 41.9 Å². The third-order valence-corrected chi connectivity index (χ3v) is 4.64. The highest BCUT2D eigenvalue weighted by molar-refractivity contribution is 6.31. The van der Waals surface area contributed by atoms with E-state index in [1.165, 1.54) is 0 Å². The highest BCUT2D eigenvalue weighted by Gasteiger charge is 2.44. The van der Waals surface area contributed by atoms with Gasteiger partial charge < -0.3 is 10.6 Å². The molecular weight excluding hydrogens is 324 g/mol. The van der Waals surface area contributed by atoms with Crippen LogP contribution in [-0.4, -0.2) is 18.9 Å². The predicted molar refractivity (Wildman–Crippen MR) is 95.1 cm³/mol. The molecule has 0 aromatic heterocycles. The van der Waals surface area contributed by atoms with Crippen molar-refractivity contribution in [1.82, 2.24) is 5.32 Å². The van der Waals surface area contributed by atoms with Crippen molar-refractivity contribution in [1.29, 1.82) is 0 Å². The Hall–Kier alpha value is -2.33. The lowest BCUT2D eigenvalue weighted by Gasteiger charge is -2.07. The average Bonchev–Trinajstić information content (AvgIpc) is 3.37. The zero-order valence-electron chi connectivity index (χ0n) is 13.4. The number of carbonyl (C=O) groups excluding carboxylic acids is 2. The van der Waals surface area contributed by atoms with Gasteiger partial charge in [0.25, 0.3) is 0 Å². The maximum absolute atomic E-state index is 12.4. The van der Waals surface area contributed by atoms with Crippen molar-refractivity contribution in [3.8, 4) is 0 Å². The molecule has 1 aliphatic carbocycles. The van der Waals surface area contributed by atoms with E-state index in [1.807, 2.05) is 48.5 Å². The molecule has 24 heavy (non-hydrogen) atoms. The smallest absolute Gasteiger partial charge is 0.228 e. The molecule has 1 saturated carbocycles. The summed E-state index contributed by atoms with van der Waals surface area (Å²) in [6.45, 7) is 0. The second-order valence-electron chi connectivity index (χ2n) is 6.01. The average molecular weight is 343 g/mol. The summed E-state index contributed by atoms with van der Waals surface area (Å²) >= 11 is 6.20. The van der Waals surface area contributed by atoms with Gasteiger partial charge in [-0.2, -0.15) is 0 Å². The number of benzene rings is 2. The highest BCUT2D eigenvalue weighted by atomic mass is 35.5. The third-order valence-electron chi connectivity index (χ3n) is 4.30. The quantitative estimate of drug-likeness (QED) is 0.875. The lowest BCUT2D eigenvalue weighted by molar-refractivity contribution is -0.120. The Labute approximate surface area is 146 Å². The number of amides is 2. The van der Waals surface area contributed by atoms with Crippen LogP contribution < -0.4 is 10.6 Å². The molecule has 2 N–H and O–H groups in total. The molecule has 2 aromatic carbocycles. The van der Waals surface area contributed by atoms with Gasteiger partial charge in [0.2, 0.25) is 11.8 Å². The molecule has 2 atom stereocenters. The topological polar surface area (TPSA) is 58.2 Å². The summed E-state index contributed by atoms with van der Waals surface area (Å²) in [5, 5.41) is 6.24. The first-order valence-electron chi connectivity index (χ1n) is 7.93. The fraction of sp³-hybridized carbons (Fsp3) is 0.263. The van der Waals surface area contributed by atoms with Crippen molar-refractivity contribution in [2.24, 2.45) is 5.92 Å². The van der Waals surface area contributed by atoms with Gasteiger partial charge in [0, 0.05) is 23.7 Å². The molecule has 0 heterocycles.